The van der Waals surface area contributed by atoms with Crippen LogP contribution in [-0.2, 0) is 6.42 Å². The molecule has 1 aromatic heterocycles. The second-order valence-electron chi connectivity index (χ2n) is 12.0. The maximum Gasteiger partial charge on any atom is 0.132 e. The summed E-state index contributed by atoms with van der Waals surface area (Å²) in [5.74, 6) is 1.58. The average molecular weight is 490 g/mol. The highest BCUT2D eigenvalue weighted by atomic mass is 19.1. The van der Waals surface area contributed by atoms with E-state index in [1.807, 2.05) is 0 Å². The highest BCUT2D eigenvalue weighted by Crippen LogP contribution is 2.71. The maximum absolute atomic E-state index is 16.2. The van der Waals surface area contributed by atoms with Crippen molar-refractivity contribution in [3.63, 3.8) is 0 Å². The van der Waals surface area contributed by atoms with Crippen LogP contribution >= 0.6 is 0 Å². The van der Waals surface area contributed by atoms with Crippen molar-refractivity contribution in [2.45, 2.75) is 68.7 Å². The van der Waals surface area contributed by atoms with E-state index in [4.69, 9.17) is 4.74 Å². The van der Waals surface area contributed by atoms with Gasteiger partial charge in [-0.2, -0.15) is 0 Å². The topological polar surface area (TPSA) is 31.5 Å². The molecule has 4 nitrogen and oxygen atoms in total. The number of nitrogens with zero attached hydrogens (tertiary/aromatic N) is 2. The summed E-state index contributed by atoms with van der Waals surface area (Å²) >= 11 is 0. The molecule has 9 rings (SSSR count). The zero-order chi connectivity index (χ0) is 24.2. The van der Waals surface area contributed by atoms with Gasteiger partial charge in [-0.25, -0.2) is 4.39 Å². The first kappa shape index (κ1) is 21.6. The van der Waals surface area contributed by atoms with E-state index in [-0.39, 0.29) is 30.2 Å². The van der Waals surface area contributed by atoms with Crippen LogP contribution in [0.2, 0.25) is 0 Å². The van der Waals surface area contributed by atoms with Gasteiger partial charge in [-0.3, -0.25) is 14.2 Å². The van der Waals surface area contributed by atoms with Crippen molar-refractivity contribution in [2.24, 2.45) is 5.92 Å². The second-order valence-corrected chi connectivity index (χ2v) is 12.0. The molecule has 188 valence electrons. The first-order valence-electron chi connectivity index (χ1n) is 13.7. The number of alkyl halides is 1. The lowest BCUT2D eigenvalue weighted by molar-refractivity contribution is -0.0688. The molecule has 4 heterocycles. The molecule has 1 N–H and O–H groups in total. The predicted octanol–water partition coefficient (Wildman–Crippen LogP) is 5.72. The van der Waals surface area contributed by atoms with Gasteiger partial charge < -0.3 is 9.72 Å². The maximum atomic E-state index is 16.2. The van der Waals surface area contributed by atoms with Crippen molar-refractivity contribution in [3.8, 4) is 5.75 Å². The molecule has 3 aliphatic heterocycles. The van der Waals surface area contributed by atoms with Crippen LogP contribution in [0.1, 0.15) is 67.0 Å². The van der Waals surface area contributed by atoms with E-state index in [1.54, 1.807) is 6.07 Å². The van der Waals surface area contributed by atoms with Gasteiger partial charge in [0.2, 0.25) is 0 Å². The molecular formula is C30H33F2N3O. The molecule has 3 saturated carbocycles. The minimum absolute atomic E-state index is 0.0595. The van der Waals surface area contributed by atoms with E-state index in [0.29, 0.717) is 30.0 Å². The summed E-state index contributed by atoms with van der Waals surface area (Å²) in [5, 5.41) is 1.28. The largest absolute Gasteiger partial charge is 0.488 e. The van der Waals surface area contributed by atoms with E-state index in [0.717, 1.165) is 37.1 Å². The molecular weight excluding hydrogens is 456 g/mol. The minimum atomic E-state index is -0.281. The molecule has 3 unspecified atom stereocenters. The molecule has 5 atom stereocenters. The third-order valence-corrected chi connectivity index (χ3v) is 10.1. The summed E-state index contributed by atoms with van der Waals surface area (Å²) in [6.07, 6.45) is 5.30. The molecule has 6 aliphatic rings. The fourth-order valence-electron chi connectivity index (χ4n) is 8.80. The number of ether oxygens (including phenoxy) is 1. The van der Waals surface area contributed by atoms with Crippen molar-refractivity contribution in [3.05, 3.63) is 64.6 Å². The van der Waals surface area contributed by atoms with E-state index >= 15 is 4.39 Å². The first-order valence-corrected chi connectivity index (χ1v) is 13.7. The lowest BCUT2D eigenvalue weighted by Gasteiger charge is -2.63. The molecule has 6 heteroatoms. The van der Waals surface area contributed by atoms with Gasteiger partial charge in [0.1, 0.15) is 17.7 Å². The van der Waals surface area contributed by atoms with Gasteiger partial charge in [-0.15, -0.1) is 0 Å². The summed E-state index contributed by atoms with van der Waals surface area (Å²) in [5.41, 5.74) is 5.89. The Morgan fingerprint density at radius 2 is 2.06 bits per heavy atom. The Kier molecular flexibility index (Phi) is 4.53. The third-order valence-electron chi connectivity index (χ3n) is 10.1. The number of aromatic nitrogens is 1. The zero-order valence-corrected chi connectivity index (χ0v) is 20.8. The van der Waals surface area contributed by atoms with E-state index in [1.165, 1.54) is 41.5 Å². The standard InChI is InChI=1S/C30H33F2N3O/c1-17-11-22-21-5-2-3-6-25(21)33-28(22)29-26-23(27-18-7-8-30(27,14-18)35(17)29)12-19(13-24(26)32)36-20-15-34(16-20)10-4-9-31/h2-3,5-6,12-13,17-18,20,27,29,33H,4,7-11,14-16H2,1H3/t17-,18?,27?,29-,30?/m1/s1. The van der Waals surface area contributed by atoms with Crippen molar-refractivity contribution < 1.29 is 13.5 Å². The molecule has 3 aliphatic carbocycles. The van der Waals surface area contributed by atoms with Gasteiger partial charge in [0.05, 0.1) is 12.7 Å². The summed E-state index contributed by atoms with van der Waals surface area (Å²) in [6.45, 7) is 4.42. The molecule has 4 fully saturated rings. The highest BCUT2D eigenvalue weighted by Gasteiger charge is 2.68. The van der Waals surface area contributed by atoms with Crippen molar-refractivity contribution in [2.75, 3.05) is 26.3 Å². The quantitative estimate of drug-likeness (QED) is 0.498. The molecule has 2 bridgehead atoms. The Balaban J connectivity index is 1.22. The number of likely N-dealkylation sites (tertiary alicyclic amines) is 1. The van der Waals surface area contributed by atoms with Crippen LogP contribution in [0.5, 0.6) is 5.75 Å². The van der Waals surface area contributed by atoms with Gasteiger partial charge in [-0.05, 0) is 68.2 Å². The van der Waals surface area contributed by atoms with Crippen LogP contribution in [0, 0.1) is 11.7 Å². The molecule has 1 saturated heterocycles. The lowest BCUT2D eigenvalue weighted by atomic mass is 9.56. The van der Waals surface area contributed by atoms with E-state index in [2.05, 4.69) is 52.0 Å². The molecule has 0 amide bonds. The summed E-state index contributed by atoms with van der Waals surface area (Å²) in [7, 11) is 0. The van der Waals surface area contributed by atoms with Crippen LogP contribution in [0.15, 0.2) is 36.4 Å². The number of fused-ring (bicyclic) bond motifs is 8. The number of H-pyrrole nitrogens is 1. The molecule has 0 radical (unpaired) electrons. The van der Waals surface area contributed by atoms with Gasteiger partial charge >= 0.3 is 0 Å². The van der Waals surface area contributed by atoms with Crippen molar-refractivity contribution in [1.82, 2.24) is 14.8 Å². The summed E-state index contributed by atoms with van der Waals surface area (Å²) in [6, 6.07) is 12.6. The van der Waals surface area contributed by atoms with Crippen molar-refractivity contribution in [1.29, 1.82) is 0 Å². The number of aromatic amines is 1. The van der Waals surface area contributed by atoms with Gasteiger partial charge in [0, 0.05) is 65.4 Å². The predicted molar refractivity (Wildman–Crippen MR) is 136 cm³/mol. The number of halogens is 2. The smallest absolute Gasteiger partial charge is 0.132 e. The van der Waals surface area contributed by atoms with Crippen LogP contribution < -0.4 is 4.74 Å². The second kappa shape index (κ2) is 7.55. The third kappa shape index (κ3) is 2.75. The Labute approximate surface area is 210 Å². The zero-order valence-electron chi connectivity index (χ0n) is 20.8. The number of hydrogen-bond donors (Lipinski definition) is 1. The van der Waals surface area contributed by atoms with Crippen molar-refractivity contribution >= 4 is 10.9 Å². The monoisotopic (exact) mass is 489 g/mol. The lowest BCUT2D eigenvalue weighted by Crippen LogP contribution is -2.65. The minimum Gasteiger partial charge on any atom is -0.488 e. The molecule has 1 spiro atoms. The van der Waals surface area contributed by atoms with E-state index < -0.39 is 0 Å². The first-order chi connectivity index (χ1) is 17.6. The Hall–Kier alpha value is -2.44. The number of nitrogens with one attached hydrogen (secondary N) is 1. The summed E-state index contributed by atoms with van der Waals surface area (Å²) < 4.78 is 35.0. The van der Waals surface area contributed by atoms with Gasteiger partial charge in [-0.1, -0.05) is 18.2 Å². The SMILES string of the molecule is C[C@@H]1Cc2c([nH]c3ccccc23)[C@H]2c3c(F)cc(OC4CN(CCCF)C4)cc3C3C4CCC3(C4)N21. The molecule has 2 aromatic carbocycles. The normalized spacial score (nSPS) is 32.9. The number of para-hydroxylation sites is 1. The van der Waals surface area contributed by atoms with Crippen LogP contribution in [-0.4, -0.2) is 58.8 Å². The molecule has 36 heavy (non-hydrogen) atoms. The van der Waals surface area contributed by atoms with Gasteiger partial charge in [0.25, 0.3) is 0 Å². The average Bonchev–Trinajstić information content (AvgIpc) is 3.52. The Morgan fingerprint density at radius 1 is 1.19 bits per heavy atom. The Bertz CT molecular complexity index is 1360. The molecule has 3 aromatic rings. The number of hydrogen-bond acceptors (Lipinski definition) is 3. The van der Waals surface area contributed by atoms with E-state index in [9.17, 15) is 4.39 Å². The summed E-state index contributed by atoms with van der Waals surface area (Å²) in [4.78, 5) is 8.65. The number of rotatable bonds is 5. The van der Waals surface area contributed by atoms with Crippen LogP contribution in [0.3, 0.4) is 0 Å². The van der Waals surface area contributed by atoms with Crippen LogP contribution in [0.4, 0.5) is 8.78 Å². The fourth-order valence-corrected chi connectivity index (χ4v) is 8.80. The highest BCUT2D eigenvalue weighted by molar-refractivity contribution is 5.85. The number of benzene rings is 2. The van der Waals surface area contributed by atoms with Crippen LogP contribution in [0.25, 0.3) is 10.9 Å². The fraction of sp³-hybridized carbons (Fsp3) is 0.533. The van der Waals surface area contributed by atoms with Gasteiger partial charge in [0.15, 0.2) is 0 Å². The Morgan fingerprint density at radius 3 is 2.89 bits per heavy atom.